The molecule has 0 atom stereocenters. The van der Waals surface area contributed by atoms with Gasteiger partial charge < -0.3 is 10.1 Å². The molecule has 0 saturated carbocycles. The van der Waals surface area contributed by atoms with Crippen LogP contribution in [0.5, 0.6) is 5.75 Å². The zero-order chi connectivity index (χ0) is 14.5. The average Bonchev–Trinajstić information content (AvgIpc) is 2.46. The molecule has 0 fully saturated rings. The number of nitriles is 1. The van der Waals surface area contributed by atoms with Crippen molar-refractivity contribution in [2.45, 2.75) is 6.54 Å². The van der Waals surface area contributed by atoms with Gasteiger partial charge in [0.05, 0.1) is 12.7 Å². The molecule has 2 rings (SSSR count). The topological polar surface area (TPSA) is 45.0 Å². The number of hydrogen-bond acceptors (Lipinski definition) is 3. The molecule has 0 radical (unpaired) electrons. The van der Waals surface area contributed by atoms with E-state index >= 15 is 0 Å². The molecule has 0 saturated heterocycles. The molecule has 2 aromatic rings. The van der Waals surface area contributed by atoms with Gasteiger partial charge in [-0.1, -0.05) is 12.1 Å². The molecule has 0 aliphatic heterocycles. The van der Waals surface area contributed by atoms with Gasteiger partial charge in [-0.05, 0) is 18.2 Å². The fourth-order valence-corrected chi connectivity index (χ4v) is 1.78. The maximum absolute atomic E-state index is 13.8. The summed E-state index contributed by atoms with van der Waals surface area (Å²) in [5, 5.41) is 11.6. The highest BCUT2D eigenvalue weighted by atomic mass is 19.1. The van der Waals surface area contributed by atoms with Crippen molar-refractivity contribution in [3.8, 4) is 11.8 Å². The number of benzene rings is 2. The van der Waals surface area contributed by atoms with Crippen LogP contribution in [-0.2, 0) is 6.54 Å². The van der Waals surface area contributed by atoms with Crippen LogP contribution in [0.1, 0.15) is 11.1 Å². The highest BCUT2D eigenvalue weighted by Gasteiger charge is 2.08. The molecule has 0 aliphatic rings. The maximum Gasteiger partial charge on any atom is 0.167 e. The van der Waals surface area contributed by atoms with Crippen molar-refractivity contribution in [3.05, 3.63) is 59.2 Å². The second-order valence-electron chi connectivity index (χ2n) is 4.09. The summed E-state index contributed by atoms with van der Waals surface area (Å²) in [4.78, 5) is 0. The molecular formula is C15H12F2N2O. The summed E-state index contributed by atoms with van der Waals surface area (Å²) >= 11 is 0. The largest absolute Gasteiger partial charge is 0.494 e. The predicted octanol–water partition coefficient (Wildman–Crippen LogP) is 3.46. The molecular weight excluding hydrogens is 262 g/mol. The molecule has 0 unspecified atom stereocenters. The minimum absolute atomic E-state index is 0.00906. The quantitative estimate of drug-likeness (QED) is 0.928. The Bertz CT molecular complexity index is 665. The Kier molecular flexibility index (Phi) is 4.16. The average molecular weight is 274 g/mol. The van der Waals surface area contributed by atoms with E-state index in [1.54, 1.807) is 24.3 Å². The van der Waals surface area contributed by atoms with E-state index in [1.165, 1.54) is 25.3 Å². The second kappa shape index (κ2) is 6.02. The number of halogens is 2. The van der Waals surface area contributed by atoms with Gasteiger partial charge in [-0.15, -0.1) is 0 Å². The van der Waals surface area contributed by atoms with Gasteiger partial charge in [-0.25, -0.2) is 8.78 Å². The Morgan fingerprint density at radius 3 is 2.70 bits per heavy atom. The lowest BCUT2D eigenvalue weighted by molar-refractivity contribution is 0.386. The molecule has 0 heterocycles. The molecule has 2 aromatic carbocycles. The second-order valence-corrected chi connectivity index (χ2v) is 4.09. The first-order valence-corrected chi connectivity index (χ1v) is 5.90. The number of ether oxygens (including phenoxy) is 1. The number of nitrogens with one attached hydrogen (secondary N) is 1. The lowest BCUT2D eigenvalue weighted by atomic mass is 10.1. The van der Waals surface area contributed by atoms with Crippen LogP contribution in [0.4, 0.5) is 14.5 Å². The number of methoxy groups -OCH3 is 1. The number of anilines is 1. The van der Waals surface area contributed by atoms with Crippen LogP contribution in [0, 0.1) is 23.0 Å². The lowest BCUT2D eigenvalue weighted by Crippen LogP contribution is -2.03. The molecule has 1 N–H and O–H groups in total. The lowest BCUT2D eigenvalue weighted by Gasteiger charge is -2.09. The van der Waals surface area contributed by atoms with Crippen molar-refractivity contribution in [2.24, 2.45) is 0 Å². The molecule has 0 bridgehead atoms. The van der Waals surface area contributed by atoms with Gasteiger partial charge >= 0.3 is 0 Å². The van der Waals surface area contributed by atoms with Gasteiger partial charge in [0.1, 0.15) is 11.9 Å². The third-order valence-electron chi connectivity index (χ3n) is 2.83. The standard InChI is InChI=1S/C15H12F2N2O/c1-20-14-6-5-12(7-13(14)16)19-9-11-4-2-3-10(8-18)15(11)17/h2-7,19H,9H2,1H3. The van der Waals surface area contributed by atoms with E-state index in [2.05, 4.69) is 5.32 Å². The Morgan fingerprint density at radius 2 is 2.05 bits per heavy atom. The third-order valence-corrected chi connectivity index (χ3v) is 2.83. The van der Waals surface area contributed by atoms with Crippen LogP contribution >= 0.6 is 0 Å². The summed E-state index contributed by atoms with van der Waals surface area (Å²) in [6.07, 6.45) is 0. The first kappa shape index (κ1) is 13.8. The molecule has 102 valence electrons. The Balaban J connectivity index is 2.13. The first-order chi connectivity index (χ1) is 9.65. The Hall–Kier alpha value is -2.61. The van der Waals surface area contributed by atoms with Crippen LogP contribution in [0.25, 0.3) is 0 Å². The van der Waals surface area contributed by atoms with Crippen LogP contribution in [0.2, 0.25) is 0 Å². The van der Waals surface area contributed by atoms with Gasteiger partial charge in [-0.3, -0.25) is 0 Å². The van der Waals surface area contributed by atoms with Crippen LogP contribution in [0.3, 0.4) is 0 Å². The van der Waals surface area contributed by atoms with E-state index in [9.17, 15) is 8.78 Å². The minimum atomic E-state index is -0.559. The highest BCUT2D eigenvalue weighted by Crippen LogP contribution is 2.21. The Labute approximate surface area is 115 Å². The van der Waals surface area contributed by atoms with Crippen LogP contribution in [-0.4, -0.2) is 7.11 Å². The summed E-state index contributed by atoms with van der Waals surface area (Å²) in [7, 11) is 1.38. The highest BCUT2D eigenvalue weighted by molar-refractivity contribution is 5.48. The normalized spacial score (nSPS) is 9.90. The minimum Gasteiger partial charge on any atom is -0.494 e. The number of hydrogen-bond donors (Lipinski definition) is 1. The van der Waals surface area contributed by atoms with E-state index in [1.807, 2.05) is 0 Å². The first-order valence-electron chi connectivity index (χ1n) is 5.90. The summed E-state index contributed by atoms with van der Waals surface area (Å²) < 4.78 is 32.1. The summed E-state index contributed by atoms with van der Waals surface area (Å²) in [6, 6.07) is 10.8. The fourth-order valence-electron chi connectivity index (χ4n) is 1.78. The number of nitrogens with zero attached hydrogens (tertiary/aromatic N) is 1. The van der Waals surface area contributed by atoms with E-state index in [0.29, 0.717) is 11.3 Å². The summed E-state index contributed by atoms with van der Waals surface area (Å²) in [5.74, 6) is -0.909. The Morgan fingerprint density at radius 1 is 1.25 bits per heavy atom. The van der Waals surface area contributed by atoms with Gasteiger partial charge in [0.25, 0.3) is 0 Å². The van der Waals surface area contributed by atoms with Crippen molar-refractivity contribution in [2.75, 3.05) is 12.4 Å². The SMILES string of the molecule is COc1ccc(NCc2cccc(C#N)c2F)cc1F. The van der Waals surface area contributed by atoms with E-state index in [0.717, 1.165) is 0 Å². The zero-order valence-corrected chi connectivity index (χ0v) is 10.8. The fraction of sp³-hybridized carbons (Fsp3) is 0.133. The molecule has 0 amide bonds. The van der Waals surface area contributed by atoms with E-state index in [-0.39, 0.29) is 17.9 Å². The molecule has 0 spiro atoms. The number of rotatable bonds is 4. The van der Waals surface area contributed by atoms with Gasteiger partial charge in [0.2, 0.25) is 0 Å². The van der Waals surface area contributed by atoms with Crippen molar-refractivity contribution in [1.29, 1.82) is 5.26 Å². The van der Waals surface area contributed by atoms with Crippen molar-refractivity contribution in [3.63, 3.8) is 0 Å². The van der Waals surface area contributed by atoms with Gasteiger partial charge in [0.15, 0.2) is 11.6 Å². The third kappa shape index (κ3) is 2.86. The summed E-state index contributed by atoms with van der Waals surface area (Å²) in [6.45, 7) is 0.160. The van der Waals surface area contributed by atoms with Gasteiger partial charge in [-0.2, -0.15) is 5.26 Å². The van der Waals surface area contributed by atoms with E-state index in [4.69, 9.17) is 10.00 Å². The molecule has 0 aromatic heterocycles. The molecule has 20 heavy (non-hydrogen) atoms. The zero-order valence-electron chi connectivity index (χ0n) is 10.8. The van der Waals surface area contributed by atoms with E-state index < -0.39 is 11.6 Å². The summed E-state index contributed by atoms with van der Waals surface area (Å²) in [5.41, 5.74) is 0.843. The monoisotopic (exact) mass is 274 g/mol. The van der Waals surface area contributed by atoms with Crippen molar-refractivity contribution in [1.82, 2.24) is 0 Å². The molecule has 3 nitrogen and oxygen atoms in total. The van der Waals surface area contributed by atoms with Crippen molar-refractivity contribution >= 4 is 5.69 Å². The van der Waals surface area contributed by atoms with Crippen LogP contribution in [0.15, 0.2) is 36.4 Å². The van der Waals surface area contributed by atoms with Crippen LogP contribution < -0.4 is 10.1 Å². The van der Waals surface area contributed by atoms with Gasteiger partial charge in [0, 0.05) is 23.9 Å². The molecule has 0 aliphatic carbocycles. The predicted molar refractivity (Wildman–Crippen MR) is 71.4 cm³/mol. The maximum atomic E-state index is 13.8. The molecule has 5 heteroatoms. The van der Waals surface area contributed by atoms with Crippen molar-refractivity contribution < 1.29 is 13.5 Å². The smallest absolute Gasteiger partial charge is 0.167 e.